The van der Waals surface area contributed by atoms with E-state index in [-0.39, 0.29) is 0 Å². The molecule has 0 fully saturated rings. The molecule has 0 aliphatic rings. The SMILES string of the molecule is CCCCCCCC.CCCCCCCCC.CCCCCCCCCCCC.Cc1cc(-c2cc3ccccc3n2C)nc(-c2cc3ccccc3n2C)c1C. The van der Waals surface area contributed by atoms with E-state index in [0.29, 0.717) is 0 Å². The molecule has 5 rings (SSSR count). The van der Waals surface area contributed by atoms with E-state index in [4.69, 9.17) is 4.98 Å². The van der Waals surface area contributed by atoms with Crippen LogP contribution in [0.3, 0.4) is 0 Å². The fourth-order valence-corrected chi connectivity index (χ4v) is 7.61. The first-order chi connectivity index (χ1) is 27.8. The largest absolute Gasteiger partial charge is 0.342 e. The van der Waals surface area contributed by atoms with Gasteiger partial charge in [0, 0.05) is 35.9 Å². The van der Waals surface area contributed by atoms with E-state index in [1.54, 1.807) is 0 Å². The lowest BCUT2D eigenvalue weighted by molar-refractivity contribution is 0.562. The molecule has 0 atom stereocenters. The smallest absolute Gasteiger partial charge is 0.0906 e. The van der Waals surface area contributed by atoms with Crippen LogP contribution in [0.1, 0.15) is 200 Å². The Balaban J connectivity index is 0.000000320. The van der Waals surface area contributed by atoms with Crippen LogP contribution >= 0.6 is 0 Å². The van der Waals surface area contributed by atoms with Crippen LogP contribution in [0.25, 0.3) is 44.6 Å². The molecule has 0 N–H and O–H groups in total. The molecule has 0 aliphatic carbocycles. The van der Waals surface area contributed by atoms with Crippen LogP contribution in [0.2, 0.25) is 0 Å². The number of aromatic nitrogens is 3. The zero-order valence-electron chi connectivity index (χ0n) is 39.0. The van der Waals surface area contributed by atoms with Crippen molar-refractivity contribution in [3.63, 3.8) is 0 Å². The van der Waals surface area contributed by atoms with E-state index in [1.807, 2.05) is 0 Å². The number of rotatable bonds is 22. The molecule has 0 unspecified atom stereocenters. The van der Waals surface area contributed by atoms with Crippen LogP contribution in [0.4, 0.5) is 0 Å². The summed E-state index contributed by atoms with van der Waals surface area (Å²) in [4.78, 5) is 5.14. The van der Waals surface area contributed by atoms with Crippen molar-refractivity contribution in [3.05, 3.63) is 77.9 Å². The molecule has 0 bridgehead atoms. The summed E-state index contributed by atoms with van der Waals surface area (Å²) < 4.78 is 4.48. The van der Waals surface area contributed by atoms with Gasteiger partial charge in [-0.1, -0.05) is 226 Å². The van der Waals surface area contributed by atoms with Gasteiger partial charge in [0.25, 0.3) is 0 Å². The quantitative estimate of drug-likeness (QED) is 0.0642. The molecule has 318 valence electrons. The molecule has 0 aliphatic heterocycles. The van der Waals surface area contributed by atoms with Gasteiger partial charge in [0.2, 0.25) is 0 Å². The lowest BCUT2D eigenvalue weighted by Crippen LogP contribution is -2.01. The van der Waals surface area contributed by atoms with Crippen LogP contribution in [0.5, 0.6) is 0 Å². The third-order valence-corrected chi connectivity index (χ3v) is 11.6. The molecule has 0 amide bonds. The van der Waals surface area contributed by atoms with Gasteiger partial charge in [-0.3, -0.25) is 0 Å². The number of pyridine rings is 1. The van der Waals surface area contributed by atoms with E-state index in [9.17, 15) is 0 Å². The Hall–Kier alpha value is -3.33. The van der Waals surface area contributed by atoms with Crippen molar-refractivity contribution >= 4 is 21.8 Å². The molecule has 0 spiro atoms. The molecular formula is C54H87N3. The predicted octanol–water partition coefficient (Wildman–Crippen LogP) is 18.1. The Morgan fingerprint density at radius 2 is 0.719 bits per heavy atom. The van der Waals surface area contributed by atoms with Gasteiger partial charge in [-0.25, -0.2) is 4.98 Å². The van der Waals surface area contributed by atoms with Crippen LogP contribution in [0.15, 0.2) is 66.7 Å². The molecule has 2 aromatic carbocycles. The molecule has 3 nitrogen and oxygen atoms in total. The Labute approximate surface area is 352 Å². The fourth-order valence-electron chi connectivity index (χ4n) is 7.61. The first-order valence-electron chi connectivity index (χ1n) is 23.9. The Morgan fingerprint density at radius 1 is 0.404 bits per heavy atom. The lowest BCUT2D eigenvalue weighted by Gasteiger charge is -2.13. The number of hydrogen-bond acceptors (Lipinski definition) is 1. The summed E-state index contributed by atoms with van der Waals surface area (Å²) in [7, 11) is 4.24. The molecule has 3 heteroatoms. The Bertz CT molecular complexity index is 1720. The molecule has 5 aromatic rings. The van der Waals surface area contributed by atoms with E-state index in [2.05, 4.69) is 145 Å². The minimum Gasteiger partial charge on any atom is -0.342 e. The molecule has 0 saturated heterocycles. The highest BCUT2D eigenvalue weighted by Crippen LogP contribution is 2.33. The Morgan fingerprint density at radius 3 is 1.07 bits per heavy atom. The minimum atomic E-state index is 1.02. The summed E-state index contributed by atoms with van der Waals surface area (Å²) in [5.41, 5.74) is 9.31. The predicted molar refractivity (Wildman–Crippen MR) is 258 cm³/mol. The number of aryl methyl sites for hydroxylation is 3. The van der Waals surface area contributed by atoms with Crippen LogP contribution in [-0.2, 0) is 14.1 Å². The molecule has 3 aromatic heterocycles. The molecule has 0 saturated carbocycles. The summed E-state index contributed by atoms with van der Waals surface area (Å²) in [5, 5.41) is 2.49. The topological polar surface area (TPSA) is 22.8 Å². The number of nitrogens with zero attached hydrogens (tertiary/aromatic N) is 3. The van der Waals surface area contributed by atoms with Crippen molar-refractivity contribution in [1.82, 2.24) is 14.1 Å². The molecule has 0 radical (unpaired) electrons. The highest BCUT2D eigenvalue weighted by atomic mass is 15.0. The summed E-state index contributed by atoms with van der Waals surface area (Å²) in [6, 6.07) is 23.7. The maximum absolute atomic E-state index is 5.14. The average molecular weight is 778 g/mol. The molecule has 3 heterocycles. The maximum atomic E-state index is 5.14. The van der Waals surface area contributed by atoms with E-state index in [0.717, 1.165) is 22.8 Å². The number of benzene rings is 2. The van der Waals surface area contributed by atoms with Gasteiger partial charge < -0.3 is 9.13 Å². The van der Waals surface area contributed by atoms with Crippen molar-refractivity contribution in [2.24, 2.45) is 14.1 Å². The molecular weight excluding hydrogens is 691 g/mol. The summed E-state index contributed by atoms with van der Waals surface area (Å²) in [6.07, 6.45) is 32.9. The Kier molecular flexibility index (Phi) is 26.8. The third-order valence-electron chi connectivity index (χ3n) is 11.6. The van der Waals surface area contributed by atoms with Gasteiger partial charge in [-0.15, -0.1) is 0 Å². The monoisotopic (exact) mass is 778 g/mol. The first kappa shape index (κ1) is 49.8. The van der Waals surface area contributed by atoms with Gasteiger partial charge in [-0.2, -0.15) is 0 Å². The summed E-state index contributed by atoms with van der Waals surface area (Å²) in [6.45, 7) is 17.9. The van der Waals surface area contributed by atoms with Crippen molar-refractivity contribution in [2.45, 2.75) is 203 Å². The van der Waals surface area contributed by atoms with Crippen LogP contribution in [-0.4, -0.2) is 14.1 Å². The molecule has 57 heavy (non-hydrogen) atoms. The maximum Gasteiger partial charge on any atom is 0.0906 e. The lowest BCUT2D eigenvalue weighted by atomic mass is 10.0. The number of para-hydroxylation sites is 2. The van der Waals surface area contributed by atoms with Gasteiger partial charge in [0.1, 0.15) is 0 Å². The second kappa shape index (κ2) is 30.7. The van der Waals surface area contributed by atoms with Gasteiger partial charge >= 0.3 is 0 Å². The second-order valence-corrected chi connectivity index (χ2v) is 16.6. The normalized spacial score (nSPS) is 10.8. The summed E-state index contributed by atoms with van der Waals surface area (Å²) >= 11 is 0. The van der Waals surface area contributed by atoms with E-state index >= 15 is 0 Å². The van der Waals surface area contributed by atoms with E-state index in [1.165, 1.54) is 181 Å². The first-order valence-corrected chi connectivity index (χ1v) is 23.9. The number of fused-ring (bicyclic) bond motifs is 2. The van der Waals surface area contributed by atoms with Crippen LogP contribution in [0, 0.1) is 13.8 Å². The van der Waals surface area contributed by atoms with Gasteiger partial charge in [-0.05, 0) is 55.3 Å². The summed E-state index contributed by atoms with van der Waals surface area (Å²) in [5.74, 6) is 0. The second-order valence-electron chi connectivity index (χ2n) is 16.6. The van der Waals surface area contributed by atoms with Gasteiger partial charge in [0.05, 0.1) is 22.8 Å². The highest BCUT2D eigenvalue weighted by molar-refractivity contribution is 5.89. The number of unbranched alkanes of at least 4 members (excludes halogenated alkanes) is 20. The standard InChI is InChI=1S/C25H23N3.C12H26.C9H20.C8H18/c1-16-13-20(23-14-18-9-5-7-11-21(18)27(23)3)26-25(17(16)2)24-15-19-10-6-8-12-22(19)28(24)4;1-3-5-7-9-11-12-10-8-6-4-2;1-3-5-7-9-8-6-4-2;1-3-5-7-8-6-4-2/h5-15H,1-4H3;3-12H2,1-2H3;3-9H2,1-2H3;3-8H2,1-2H3. The van der Waals surface area contributed by atoms with Crippen LogP contribution < -0.4 is 0 Å². The van der Waals surface area contributed by atoms with Crippen molar-refractivity contribution in [2.75, 3.05) is 0 Å². The number of hydrogen-bond donors (Lipinski definition) is 0. The van der Waals surface area contributed by atoms with Crippen molar-refractivity contribution in [1.29, 1.82) is 0 Å². The zero-order valence-corrected chi connectivity index (χ0v) is 39.0. The van der Waals surface area contributed by atoms with Crippen molar-refractivity contribution in [3.8, 4) is 22.8 Å². The zero-order chi connectivity index (χ0) is 41.7. The highest BCUT2D eigenvalue weighted by Gasteiger charge is 2.17. The fraction of sp³-hybridized carbons (Fsp3) is 0.611. The average Bonchev–Trinajstić information content (AvgIpc) is 3.75. The van der Waals surface area contributed by atoms with Crippen molar-refractivity contribution < 1.29 is 0 Å². The minimum absolute atomic E-state index is 1.02. The van der Waals surface area contributed by atoms with E-state index < -0.39 is 0 Å². The van der Waals surface area contributed by atoms with Gasteiger partial charge in [0.15, 0.2) is 0 Å². The third kappa shape index (κ3) is 18.0.